The zero-order valence-electron chi connectivity index (χ0n) is 11.6. The quantitative estimate of drug-likeness (QED) is 0.816. The maximum Gasteiger partial charge on any atom is 0.162 e. The van der Waals surface area contributed by atoms with Crippen molar-refractivity contribution in [2.75, 3.05) is 0 Å². The number of hydrogen-bond acceptors (Lipinski definition) is 1. The SMILES string of the molecule is CCC1CCCC(N)(Cc2cccc(F)c2F)CC1. The second-order valence-electron chi connectivity index (χ2n) is 5.96. The number of hydrogen-bond donors (Lipinski definition) is 1. The standard InChI is InChI=1S/C16H23F2N/c1-2-12-5-4-9-16(19,10-8-12)11-13-6-3-7-14(17)15(13)18/h3,6-7,12H,2,4-5,8-11,19H2,1H3. The van der Waals surface area contributed by atoms with Crippen LogP contribution in [0.2, 0.25) is 0 Å². The molecule has 0 bridgehead atoms. The molecule has 1 fully saturated rings. The molecule has 2 rings (SSSR count). The van der Waals surface area contributed by atoms with E-state index in [1.807, 2.05) is 0 Å². The van der Waals surface area contributed by atoms with Crippen molar-refractivity contribution in [1.82, 2.24) is 0 Å². The molecule has 1 aliphatic carbocycles. The van der Waals surface area contributed by atoms with Gasteiger partial charge in [0.25, 0.3) is 0 Å². The monoisotopic (exact) mass is 267 g/mol. The normalized spacial score (nSPS) is 28.1. The summed E-state index contributed by atoms with van der Waals surface area (Å²) in [4.78, 5) is 0. The van der Waals surface area contributed by atoms with Gasteiger partial charge in [0.15, 0.2) is 11.6 Å². The summed E-state index contributed by atoms with van der Waals surface area (Å²) in [5, 5.41) is 0. The summed E-state index contributed by atoms with van der Waals surface area (Å²) in [7, 11) is 0. The fourth-order valence-corrected chi connectivity index (χ4v) is 3.15. The third-order valence-electron chi connectivity index (χ3n) is 4.49. The van der Waals surface area contributed by atoms with Crippen LogP contribution in [0.5, 0.6) is 0 Å². The number of rotatable bonds is 3. The first-order valence-electron chi connectivity index (χ1n) is 7.26. The summed E-state index contributed by atoms with van der Waals surface area (Å²) in [5.41, 5.74) is 6.48. The molecule has 0 amide bonds. The zero-order chi connectivity index (χ0) is 13.9. The predicted octanol–water partition coefficient (Wildman–Crippen LogP) is 4.20. The Morgan fingerprint density at radius 3 is 2.79 bits per heavy atom. The van der Waals surface area contributed by atoms with E-state index in [2.05, 4.69) is 6.92 Å². The van der Waals surface area contributed by atoms with Crippen molar-refractivity contribution in [1.29, 1.82) is 0 Å². The van der Waals surface area contributed by atoms with E-state index in [1.165, 1.54) is 12.8 Å². The minimum Gasteiger partial charge on any atom is -0.325 e. The minimum atomic E-state index is -0.777. The fraction of sp³-hybridized carbons (Fsp3) is 0.625. The van der Waals surface area contributed by atoms with Gasteiger partial charge in [-0.05, 0) is 43.2 Å². The number of benzene rings is 1. The van der Waals surface area contributed by atoms with E-state index in [-0.39, 0.29) is 5.54 Å². The molecule has 2 unspecified atom stereocenters. The molecule has 106 valence electrons. The summed E-state index contributed by atoms with van der Waals surface area (Å²) < 4.78 is 27.0. The van der Waals surface area contributed by atoms with Crippen LogP contribution in [0.3, 0.4) is 0 Å². The first kappa shape index (κ1) is 14.4. The van der Waals surface area contributed by atoms with E-state index in [4.69, 9.17) is 5.73 Å². The van der Waals surface area contributed by atoms with Crippen LogP contribution in [0.1, 0.15) is 51.0 Å². The first-order chi connectivity index (χ1) is 9.04. The Bertz CT molecular complexity index is 433. The molecule has 0 saturated heterocycles. The lowest BCUT2D eigenvalue weighted by Crippen LogP contribution is -2.41. The third-order valence-corrected chi connectivity index (χ3v) is 4.49. The van der Waals surface area contributed by atoms with Crippen LogP contribution in [0, 0.1) is 17.6 Å². The highest BCUT2D eigenvalue weighted by molar-refractivity contribution is 5.21. The lowest BCUT2D eigenvalue weighted by molar-refractivity contribution is 0.351. The van der Waals surface area contributed by atoms with Gasteiger partial charge >= 0.3 is 0 Å². The molecule has 0 radical (unpaired) electrons. The maximum absolute atomic E-state index is 13.7. The third kappa shape index (κ3) is 3.53. The molecule has 0 heterocycles. The molecule has 3 heteroatoms. The fourth-order valence-electron chi connectivity index (χ4n) is 3.15. The van der Waals surface area contributed by atoms with Crippen molar-refractivity contribution >= 4 is 0 Å². The summed E-state index contributed by atoms with van der Waals surface area (Å²) in [6.07, 6.45) is 6.83. The Kier molecular flexibility index (Phi) is 4.56. The topological polar surface area (TPSA) is 26.0 Å². The average Bonchev–Trinajstić information content (AvgIpc) is 2.57. The number of nitrogens with two attached hydrogens (primary N) is 1. The van der Waals surface area contributed by atoms with E-state index < -0.39 is 11.6 Å². The van der Waals surface area contributed by atoms with Gasteiger partial charge in [0.1, 0.15) is 0 Å². The predicted molar refractivity (Wildman–Crippen MR) is 73.8 cm³/mol. The summed E-state index contributed by atoms with van der Waals surface area (Å²) in [6, 6.07) is 4.36. The van der Waals surface area contributed by atoms with Crippen LogP contribution in [-0.4, -0.2) is 5.54 Å². The van der Waals surface area contributed by atoms with Gasteiger partial charge in [-0.1, -0.05) is 38.3 Å². The van der Waals surface area contributed by atoms with Crippen molar-refractivity contribution in [3.05, 3.63) is 35.4 Å². The Morgan fingerprint density at radius 2 is 2.05 bits per heavy atom. The van der Waals surface area contributed by atoms with Gasteiger partial charge in [-0.25, -0.2) is 8.78 Å². The molecule has 1 aromatic carbocycles. The van der Waals surface area contributed by atoms with Gasteiger partial charge in [-0.2, -0.15) is 0 Å². The molecule has 19 heavy (non-hydrogen) atoms. The molecule has 1 saturated carbocycles. The largest absolute Gasteiger partial charge is 0.325 e. The van der Waals surface area contributed by atoms with Gasteiger partial charge in [-0.3, -0.25) is 0 Å². The van der Waals surface area contributed by atoms with E-state index in [9.17, 15) is 8.78 Å². The molecule has 1 aliphatic rings. The Labute approximate surface area is 114 Å². The summed E-state index contributed by atoms with van der Waals surface area (Å²) in [5.74, 6) is -0.771. The lowest BCUT2D eigenvalue weighted by Gasteiger charge is -2.28. The molecule has 1 nitrogen and oxygen atoms in total. The molecule has 1 aromatic rings. The van der Waals surface area contributed by atoms with Crippen molar-refractivity contribution in [3.63, 3.8) is 0 Å². The van der Waals surface area contributed by atoms with E-state index in [0.717, 1.165) is 37.7 Å². The van der Waals surface area contributed by atoms with Crippen LogP contribution >= 0.6 is 0 Å². The Morgan fingerprint density at radius 1 is 1.26 bits per heavy atom. The van der Waals surface area contributed by atoms with Crippen LogP contribution in [0.15, 0.2) is 18.2 Å². The van der Waals surface area contributed by atoms with E-state index in [1.54, 1.807) is 12.1 Å². The van der Waals surface area contributed by atoms with Crippen molar-refractivity contribution in [2.45, 2.75) is 57.4 Å². The molecular formula is C16H23F2N. The summed E-state index contributed by atoms with van der Waals surface area (Å²) >= 11 is 0. The van der Waals surface area contributed by atoms with Crippen LogP contribution in [0.25, 0.3) is 0 Å². The highest BCUT2D eigenvalue weighted by Crippen LogP contribution is 2.33. The highest BCUT2D eigenvalue weighted by atomic mass is 19.2. The highest BCUT2D eigenvalue weighted by Gasteiger charge is 2.30. The molecule has 0 spiro atoms. The van der Waals surface area contributed by atoms with Gasteiger partial charge in [0, 0.05) is 5.54 Å². The van der Waals surface area contributed by atoms with E-state index in [0.29, 0.717) is 12.0 Å². The first-order valence-corrected chi connectivity index (χ1v) is 7.26. The molecule has 0 aromatic heterocycles. The molecular weight excluding hydrogens is 244 g/mol. The van der Waals surface area contributed by atoms with Gasteiger partial charge in [0.2, 0.25) is 0 Å². The minimum absolute atomic E-state index is 0.376. The van der Waals surface area contributed by atoms with Crippen LogP contribution in [0.4, 0.5) is 8.78 Å². The zero-order valence-corrected chi connectivity index (χ0v) is 11.6. The molecule has 2 N–H and O–H groups in total. The Balaban J connectivity index is 2.10. The van der Waals surface area contributed by atoms with Crippen LogP contribution in [-0.2, 0) is 6.42 Å². The maximum atomic E-state index is 13.7. The van der Waals surface area contributed by atoms with Crippen molar-refractivity contribution in [2.24, 2.45) is 11.7 Å². The van der Waals surface area contributed by atoms with E-state index >= 15 is 0 Å². The second kappa shape index (κ2) is 6.00. The Hall–Kier alpha value is -0.960. The van der Waals surface area contributed by atoms with Crippen molar-refractivity contribution < 1.29 is 8.78 Å². The second-order valence-corrected chi connectivity index (χ2v) is 5.96. The van der Waals surface area contributed by atoms with Crippen molar-refractivity contribution in [3.8, 4) is 0 Å². The van der Waals surface area contributed by atoms with Crippen LogP contribution < -0.4 is 5.73 Å². The summed E-state index contributed by atoms with van der Waals surface area (Å²) in [6.45, 7) is 2.21. The average molecular weight is 267 g/mol. The molecule has 0 aliphatic heterocycles. The molecule has 2 atom stereocenters. The lowest BCUT2D eigenvalue weighted by atomic mass is 9.84. The number of halogens is 2. The van der Waals surface area contributed by atoms with Gasteiger partial charge in [-0.15, -0.1) is 0 Å². The van der Waals surface area contributed by atoms with Gasteiger partial charge in [0.05, 0.1) is 0 Å². The smallest absolute Gasteiger partial charge is 0.162 e. The van der Waals surface area contributed by atoms with Gasteiger partial charge < -0.3 is 5.73 Å².